The van der Waals surface area contributed by atoms with Gasteiger partial charge >= 0.3 is 5.97 Å². The van der Waals surface area contributed by atoms with Gasteiger partial charge in [-0.05, 0) is 31.0 Å². The first-order valence-electron chi connectivity index (χ1n) is 6.24. The molecule has 1 aromatic carbocycles. The molecule has 1 rings (SSSR count). The lowest BCUT2D eigenvalue weighted by molar-refractivity contribution is -0.140. The third-order valence-corrected chi connectivity index (χ3v) is 3.15. The zero-order chi connectivity index (χ0) is 14.1. The van der Waals surface area contributed by atoms with E-state index < -0.39 is 0 Å². The number of carbonyl (C=O) groups excluding carboxylic acids is 2. The van der Waals surface area contributed by atoms with Gasteiger partial charge in [-0.25, -0.2) is 0 Å². The Morgan fingerprint density at radius 3 is 2.74 bits per heavy atom. The van der Waals surface area contributed by atoms with Gasteiger partial charge in [-0.1, -0.05) is 28.4 Å². The lowest BCUT2D eigenvalue weighted by Crippen LogP contribution is -2.24. The van der Waals surface area contributed by atoms with Crippen LogP contribution >= 0.6 is 15.9 Å². The maximum atomic E-state index is 11.8. The van der Waals surface area contributed by atoms with Gasteiger partial charge < -0.3 is 10.1 Å². The normalized spacial score (nSPS) is 10.0. The van der Waals surface area contributed by atoms with E-state index >= 15 is 0 Å². The van der Waals surface area contributed by atoms with Crippen LogP contribution in [0.3, 0.4) is 0 Å². The Morgan fingerprint density at radius 2 is 2.05 bits per heavy atom. The minimum Gasteiger partial charge on any atom is -0.469 e. The van der Waals surface area contributed by atoms with Gasteiger partial charge in [0, 0.05) is 23.0 Å². The Balaban J connectivity index is 2.16. The molecule has 0 fully saturated rings. The molecule has 1 N–H and O–H groups in total. The van der Waals surface area contributed by atoms with Crippen LogP contribution in [0.1, 0.15) is 36.0 Å². The van der Waals surface area contributed by atoms with Gasteiger partial charge in [0.1, 0.15) is 0 Å². The second-order valence-corrected chi connectivity index (χ2v) is 5.07. The molecule has 0 unspecified atom stereocenters. The molecule has 0 aromatic heterocycles. The van der Waals surface area contributed by atoms with Crippen molar-refractivity contribution in [2.45, 2.75) is 25.7 Å². The van der Waals surface area contributed by atoms with Crippen LogP contribution < -0.4 is 5.32 Å². The van der Waals surface area contributed by atoms with Crippen molar-refractivity contribution < 1.29 is 14.3 Å². The summed E-state index contributed by atoms with van der Waals surface area (Å²) < 4.78 is 5.44. The van der Waals surface area contributed by atoms with Gasteiger partial charge in [0.25, 0.3) is 5.91 Å². The van der Waals surface area contributed by atoms with Crippen LogP contribution in [0.15, 0.2) is 28.7 Å². The number of hydrogen-bond donors (Lipinski definition) is 1. The van der Waals surface area contributed by atoms with Crippen LogP contribution in [-0.4, -0.2) is 25.5 Å². The van der Waals surface area contributed by atoms with Crippen molar-refractivity contribution in [1.82, 2.24) is 5.32 Å². The Bertz CT molecular complexity index is 434. The summed E-state index contributed by atoms with van der Waals surface area (Å²) in [7, 11) is 1.39. The van der Waals surface area contributed by atoms with E-state index in [0.717, 1.165) is 23.7 Å². The van der Waals surface area contributed by atoms with Gasteiger partial charge in [-0.2, -0.15) is 0 Å². The van der Waals surface area contributed by atoms with Gasteiger partial charge in [0.15, 0.2) is 0 Å². The number of hydrogen-bond acceptors (Lipinski definition) is 3. The molecule has 0 saturated carbocycles. The molecule has 1 amide bonds. The first-order valence-corrected chi connectivity index (χ1v) is 7.03. The molecule has 0 aliphatic rings. The van der Waals surface area contributed by atoms with Crippen LogP contribution in [0, 0.1) is 0 Å². The summed E-state index contributed by atoms with van der Waals surface area (Å²) in [6.45, 7) is 0.618. The molecule has 0 aliphatic carbocycles. The molecule has 0 bridgehead atoms. The number of carbonyl (C=O) groups is 2. The van der Waals surface area contributed by atoms with Gasteiger partial charge in [-0.3, -0.25) is 9.59 Å². The largest absolute Gasteiger partial charge is 0.469 e. The van der Waals surface area contributed by atoms with E-state index in [1.54, 1.807) is 12.1 Å². The second-order valence-electron chi connectivity index (χ2n) is 4.15. The molecular formula is C14H18BrNO3. The zero-order valence-corrected chi connectivity index (χ0v) is 12.5. The van der Waals surface area contributed by atoms with Crippen LogP contribution in [0.2, 0.25) is 0 Å². The fourth-order valence-electron chi connectivity index (χ4n) is 1.61. The van der Waals surface area contributed by atoms with Crippen molar-refractivity contribution in [2.75, 3.05) is 13.7 Å². The highest BCUT2D eigenvalue weighted by Gasteiger charge is 2.04. The molecule has 104 valence electrons. The average Bonchev–Trinajstić information content (AvgIpc) is 2.42. The maximum absolute atomic E-state index is 11.8. The predicted octanol–water partition coefficient (Wildman–Crippen LogP) is 2.91. The highest BCUT2D eigenvalue weighted by atomic mass is 79.9. The highest BCUT2D eigenvalue weighted by molar-refractivity contribution is 9.10. The number of rotatable bonds is 7. The number of esters is 1. The molecule has 0 aliphatic heterocycles. The van der Waals surface area contributed by atoms with E-state index in [2.05, 4.69) is 26.0 Å². The van der Waals surface area contributed by atoms with E-state index in [-0.39, 0.29) is 11.9 Å². The first kappa shape index (κ1) is 15.7. The second kappa shape index (κ2) is 8.69. The third kappa shape index (κ3) is 6.38. The molecule has 0 radical (unpaired) electrons. The summed E-state index contributed by atoms with van der Waals surface area (Å²) in [4.78, 5) is 22.7. The van der Waals surface area contributed by atoms with Crippen molar-refractivity contribution in [3.05, 3.63) is 34.3 Å². The van der Waals surface area contributed by atoms with Crippen molar-refractivity contribution in [3.63, 3.8) is 0 Å². The lowest BCUT2D eigenvalue weighted by Gasteiger charge is -2.05. The van der Waals surface area contributed by atoms with E-state index in [0.29, 0.717) is 18.5 Å². The summed E-state index contributed by atoms with van der Waals surface area (Å²) in [6.07, 6.45) is 2.99. The van der Waals surface area contributed by atoms with Crippen molar-refractivity contribution >= 4 is 27.8 Å². The van der Waals surface area contributed by atoms with Crippen molar-refractivity contribution in [2.24, 2.45) is 0 Å². The minimum absolute atomic E-state index is 0.0748. The summed E-state index contributed by atoms with van der Waals surface area (Å²) in [5.74, 6) is -0.257. The van der Waals surface area contributed by atoms with Crippen LogP contribution in [0.5, 0.6) is 0 Å². The molecule has 0 saturated heterocycles. The van der Waals surface area contributed by atoms with E-state index in [9.17, 15) is 9.59 Å². The number of amides is 1. The number of nitrogens with one attached hydrogen (secondary N) is 1. The monoisotopic (exact) mass is 327 g/mol. The molecule has 1 aromatic rings. The molecule has 5 heteroatoms. The summed E-state index contributed by atoms with van der Waals surface area (Å²) in [5, 5.41) is 2.85. The third-order valence-electron chi connectivity index (χ3n) is 2.66. The SMILES string of the molecule is COC(=O)CCCCCNC(=O)c1cccc(Br)c1. The van der Waals surface area contributed by atoms with Crippen LogP contribution in [-0.2, 0) is 9.53 Å². The lowest BCUT2D eigenvalue weighted by atomic mass is 10.2. The number of ether oxygens (including phenoxy) is 1. The summed E-state index contributed by atoms with van der Waals surface area (Å²) in [6, 6.07) is 7.27. The Morgan fingerprint density at radius 1 is 1.26 bits per heavy atom. The average molecular weight is 328 g/mol. The zero-order valence-electron chi connectivity index (χ0n) is 10.9. The smallest absolute Gasteiger partial charge is 0.305 e. The topological polar surface area (TPSA) is 55.4 Å². The molecule has 0 spiro atoms. The standard InChI is InChI=1S/C14H18BrNO3/c1-19-13(17)8-3-2-4-9-16-14(18)11-6-5-7-12(15)10-11/h5-7,10H,2-4,8-9H2,1H3,(H,16,18). The number of unbranched alkanes of at least 4 members (excludes halogenated alkanes) is 2. The van der Waals surface area contributed by atoms with E-state index in [4.69, 9.17) is 0 Å². The van der Waals surface area contributed by atoms with Gasteiger partial charge in [0.05, 0.1) is 7.11 Å². The Labute approximate surface area is 121 Å². The van der Waals surface area contributed by atoms with Crippen molar-refractivity contribution in [3.8, 4) is 0 Å². The maximum Gasteiger partial charge on any atom is 0.305 e. The fraction of sp³-hybridized carbons (Fsp3) is 0.429. The van der Waals surface area contributed by atoms with E-state index in [1.807, 2.05) is 12.1 Å². The van der Waals surface area contributed by atoms with Crippen LogP contribution in [0.25, 0.3) is 0 Å². The quantitative estimate of drug-likeness (QED) is 0.618. The summed E-state index contributed by atoms with van der Waals surface area (Å²) >= 11 is 3.33. The molecule has 19 heavy (non-hydrogen) atoms. The number of benzene rings is 1. The summed E-state index contributed by atoms with van der Waals surface area (Å²) in [5.41, 5.74) is 0.643. The first-order chi connectivity index (χ1) is 9.13. The Hall–Kier alpha value is -1.36. The van der Waals surface area contributed by atoms with Gasteiger partial charge in [0.2, 0.25) is 0 Å². The van der Waals surface area contributed by atoms with Crippen molar-refractivity contribution in [1.29, 1.82) is 0 Å². The number of halogens is 1. The van der Waals surface area contributed by atoms with Gasteiger partial charge in [-0.15, -0.1) is 0 Å². The number of methoxy groups -OCH3 is 1. The molecular weight excluding hydrogens is 310 g/mol. The van der Waals surface area contributed by atoms with E-state index in [1.165, 1.54) is 7.11 Å². The molecule has 4 nitrogen and oxygen atoms in total. The van der Waals surface area contributed by atoms with Crippen LogP contribution in [0.4, 0.5) is 0 Å². The highest BCUT2D eigenvalue weighted by Crippen LogP contribution is 2.11. The predicted molar refractivity (Wildman–Crippen MR) is 77.0 cm³/mol. The Kier molecular flexibility index (Phi) is 7.18. The molecule has 0 heterocycles. The fourth-order valence-corrected chi connectivity index (χ4v) is 2.01. The minimum atomic E-state index is -0.182. The molecule has 0 atom stereocenters.